The molecular formula is C23H22N2O4S. The van der Waals surface area contributed by atoms with Crippen LogP contribution in [0.4, 0.5) is 5.00 Å². The second-order valence-corrected chi connectivity index (χ2v) is 7.76. The lowest BCUT2D eigenvalue weighted by atomic mass is 10.1. The van der Waals surface area contributed by atoms with Gasteiger partial charge in [-0.05, 0) is 37.1 Å². The number of amides is 2. The molecular weight excluding hydrogens is 400 g/mol. The Morgan fingerprint density at radius 3 is 2.37 bits per heavy atom. The van der Waals surface area contributed by atoms with Gasteiger partial charge in [-0.3, -0.25) is 9.59 Å². The summed E-state index contributed by atoms with van der Waals surface area (Å²) in [6, 6.07) is 16.6. The summed E-state index contributed by atoms with van der Waals surface area (Å²) in [7, 11) is 1.26. The average molecular weight is 423 g/mol. The number of thiophene rings is 1. The first-order chi connectivity index (χ1) is 14.4. The van der Waals surface area contributed by atoms with E-state index >= 15 is 0 Å². The van der Waals surface area contributed by atoms with E-state index in [4.69, 9.17) is 4.74 Å². The molecule has 154 valence electrons. The molecule has 0 bridgehead atoms. The van der Waals surface area contributed by atoms with E-state index in [2.05, 4.69) is 10.6 Å². The van der Waals surface area contributed by atoms with E-state index in [0.717, 1.165) is 22.5 Å². The van der Waals surface area contributed by atoms with Crippen LogP contribution in [0.5, 0.6) is 0 Å². The van der Waals surface area contributed by atoms with Crippen LogP contribution in [0.3, 0.4) is 0 Å². The number of methoxy groups -OCH3 is 1. The minimum atomic E-state index is -0.606. The summed E-state index contributed by atoms with van der Waals surface area (Å²) in [6.45, 7) is 3.92. The molecule has 0 atom stereocenters. The topological polar surface area (TPSA) is 84.5 Å². The summed E-state index contributed by atoms with van der Waals surface area (Å²) >= 11 is 1.06. The molecule has 2 aromatic carbocycles. The first-order valence-corrected chi connectivity index (χ1v) is 10.1. The summed E-state index contributed by atoms with van der Waals surface area (Å²) < 4.78 is 4.87. The Labute approximate surface area is 178 Å². The van der Waals surface area contributed by atoms with Crippen molar-refractivity contribution in [3.05, 3.63) is 87.3 Å². The molecule has 7 heteroatoms. The molecule has 0 spiro atoms. The van der Waals surface area contributed by atoms with Crippen LogP contribution in [-0.2, 0) is 11.3 Å². The largest absolute Gasteiger partial charge is 0.465 e. The number of hydrogen-bond donors (Lipinski definition) is 2. The molecule has 0 unspecified atom stereocenters. The number of carbonyl (C=O) groups is 3. The molecule has 0 saturated carbocycles. The van der Waals surface area contributed by atoms with Gasteiger partial charge < -0.3 is 15.4 Å². The Morgan fingerprint density at radius 1 is 0.967 bits per heavy atom. The van der Waals surface area contributed by atoms with Crippen LogP contribution in [0.15, 0.2) is 54.6 Å². The summed E-state index contributed by atoms with van der Waals surface area (Å²) in [5, 5.41) is 5.90. The summed E-state index contributed by atoms with van der Waals surface area (Å²) in [4.78, 5) is 38.1. The molecule has 2 N–H and O–H groups in total. The number of carbonyl (C=O) groups excluding carboxylic acids is 3. The fraction of sp³-hybridized carbons (Fsp3) is 0.174. The minimum absolute atomic E-state index is 0.188. The first-order valence-electron chi connectivity index (χ1n) is 9.32. The quantitative estimate of drug-likeness (QED) is 0.579. The Kier molecular flexibility index (Phi) is 6.64. The van der Waals surface area contributed by atoms with Crippen molar-refractivity contribution in [1.29, 1.82) is 0 Å². The fourth-order valence-corrected chi connectivity index (χ4v) is 4.09. The standard InChI is InChI=1S/C23H22N2O4S/c1-14-8-7-11-17(12-14)20(26)25-22-18(23(28)29-3)15(2)19(30-22)21(27)24-13-16-9-5-4-6-10-16/h4-12H,13H2,1-3H3,(H,24,27)(H,25,26). The zero-order valence-corrected chi connectivity index (χ0v) is 17.8. The Balaban J connectivity index is 1.86. The van der Waals surface area contributed by atoms with Gasteiger partial charge in [-0.2, -0.15) is 0 Å². The van der Waals surface area contributed by atoms with Gasteiger partial charge in [0.1, 0.15) is 5.00 Å². The van der Waals surface area contributed by atoms with Gasteiger partial charge in [-0.25, -0.2) is 4.79 Å². The SMILES string of the molecule is COC(=O)c1c(NC(=O)c2cccc(C)c2)sc(C(=O)NCc2ccccc2)c1C. The maximum atomic E-state index is 12.8. The van der Waals surface area contributed by atoms with Crippen molar-refractivity contribution in [3.8, 4) is 0 Å². The van der Waals surface area contributed by atoms with Crippen molar-refractivity contribution >= 4 is 34.1 Å². The van der Waals surface area contributed by atoms with Gasteiger partial charge in [-0.1, -0.05) is 48.0 Å². The zero-order valence-electron chi connectivity index (χ0n) is 16.9. The van der Waals surface area contributed by atoms with E-state index in [-0.39, 0.29) is 22.4 Å². The first kappa shape index (κ1) is 21.3. The van der Waals surface area contributed by atoms with Crippen LogP contribution in [0.1, 0.15) is 47.1 Å². The van der Waals surface area contributed by atoms with Crippen LogP contribution in [0.25, 0.3) is 0 Å². The van der Waals surface area contributed by atoms with E-state index in [1.54, 1.807) is 25.1 Å². The highest BCUT2D eigenvalue weighted by molar-refractivity contribution is 7.18. The number of anilines is 1. The monoisotopic (exact) mass is 422 g/mol. The van der Waals surface area contributed by atoms with Gasteiger partial charge in [0, 0.05) is 12.1 Å². The van der Waals surface area contributed by atoms with Crippen LogP contribution < -0.4 is 10.6 Å². The molecule has 1 aromatic heterocycles. The van der Waals surface area contributed by atoms with Gasteiger partial charge in [0.15, 0.2) is 0 Å². The predicted molar refractivity (Wildman–Crippen MR) is 117 cm³/mol. The van der Waals surface area contributed by atoms with Gasteiger partial charge in [0.05, 0.1) is 17.6 Å². The highest BCUT2D eigenvalue weighted by atomic mass is 32.1. The smallest absolute Gasteiger partial charge is 0.341 e. The van der Waals surface area contributed by atoms with E-state index in [1.165, 1.54) is 7.11 Å². The van der Waals surface area contributed by atoms with Crippen molar-refractivity contribution in [2.45, 2.75) is 20.4 Å². The Bertz CT molecular complexity index is 1090. The summed E-state index contributed by atoms with van der Waals surface area (Å²) in [5.74, 6) is -1.28. The van der Waals surface area contributed by atoms with Crippen LogP contribution >= 0.6 is 11.3 Å². The lowest BCUT2D eigenvalue weighted by Crippen LogP contribution is -2.22. The molecule has 1 heterocycles. The molecule has 3 rings (SSSR count). The predicted octanol–water partition coefficient (Wildman–Crippen LogP) is 4.33. The molecule has 0 aliphatic heterocycles. The van der Waals surface area contributed by atoms with E-state index < -0.39 is 5.97 Å². The zero-order chi connectivity index (χ0) is 21.7. The number of aryl methyl sites for hydroxylation is 1. The van der Waals surface area contributed by atoms with Crippen molar-refractivity contribution < 1.29 is 19.1 Å². The Morgan fingerprint density at radius 2 is 1.70 bits per heavy atom. The molecule has 0 saturated heterocycles. The fourth-order valence-electron chi connectivity index (χ4n) is 2.99. The average Bonchev–Trinajstić information content (AvgIpc) is 3.08. The number of benzene rings is 2. The van der Waals surface area contributed by atoms with Crippen molar-refractivity contribution in [2.75, 3.05) is 12.4 Å². The van der Waals surface area contributed by atoms with E-state index in [0.29, 0.717) is 22.5 Å². The Hall–Kier alpha value is -3.45. The van der Waals surface area contributed by atoms with Crippen LogP contribution in [0, 0.1) is 13.8 Å². The number of rotatable bonds is 6. The number of ether oxygens (including phenoxy) is 1. The lowest BCUT2D eigenvalue weighted by molar-refractivity contribution is 0.0601. The molecule has 2 amide bonds. The van der Waals surface area contributed by atoms with Gasteiger partial charge >= 0.3 is 5.97 Å². The number of nitrogens with one attached hydrogen (secondary N) is 2. The molecule has 0 aliphatic carbocycles. The molecule has 3 aromatic rings. The summed E-state index contributed by atoms with van der Waals surface area (Å²) in [5.41, 5.74) is 3.03. The summed E-state index contributed by atoms with van der Waals surface area (Å²) in [6.07, 6.45) is 0. The molecule has 30 heavy (non-hydrogen) atoms. The maximum Gasteiger partial charge on any atom is 0.341 e. The maximum absolute atomic E-state index is 12.8. The van der Waals surface area contributed by atoms with E-state index in [1.807, 2.05) is 43.3 Å². The molecule has 6 nitrogen and oxygen atoms in total. The van der Waals surface area contributed by atoms with Crippen molar-refractivity contribution in [3.63, 3.8) is 0 Å². The third kappa shape index (κ3) is 4.75. The normalized spacial score (nSPS) is 10.4. The lowest BCUT2D eigenvalue weighted by Gasteiger charge is -2.06. The number of hydrogen-bond acceptors (Lipinski definition) is 5. The molecule has 0 fully saturated rings. The van der Waals surface area contributed by atoms with Crippen molar-refractivity contribution in [2.24, 2.45) is 0 Å². The van der Waals surface area contributed by atoms with Gasteiger partial charge in [0.25, 0.3) is 11.8 Å². The van der Waals surface area contributed by atoms with Gasteiger partial charge in [0.2, 0.25) is 0 Å². The minimum Gasteiger partial charge on any atom is -0.465 e. The number of esters is 1. The van der Waals surface area contributed by atoms with Crippen molar-refractivity contribution in [1.82, 2.24) is 5.32 Å². The molecule has 0 radical (unpaired) electrons. The third-order valence-electron chi connectivity index (χ3n) is 4.55. The molecule has 0 aliphatic rings. The third-order valence-corrected chi connectivity index (χ3v) is 5.75. The highest BCUT2D eigenvalue weighted by Gasteiger charge is 2.26. The highest BCUT2D eigenvalue weighted by Crippen LogP contribution is 2.34. The van der Waals surface area contributed by atoms with Crippen LogP contribution in [0.2, 0.25) is 0 Å². The van der Waals surface area contributed by atoms with Crippen LogP contribution in [-0.4, -0.2) is 24.9 Å². The van der Waals surface area contributed by atoms with Gasteiger partial charge in [-0.15, -0.1) is 11.3 Å². The van der Waals surface area contributed by atoms with E-state index in [9.17, 15) is 14.4 Å². The second kappa shape index (κ2) is 9.37. The second-order valence-electron chi connectivity index (χ2n) is 6.74.